The first-order valence-electron chi connectivity index (χ1n) is 7.80. The fourth-order valence-corrected chi connectivity index (χ4v) is 2.99. The SMILES string of the molecule is Nc1nc(NCCCN2CCCC(CO)C2)c2[nH]cnc2n1. The molecule has 0 spiro atoms. The summed E-state index contributed by atoms with van der Waals surface area (Å²) in [6.45, 7) is 4.26. The fourth-order valence-electron chi connectivity index (χ4n) is 2.99. The number of hydrogen-bond donors (Lipinski definition) is 4. The van der Waals surface area contributed by atoms with Crippen LogP contribution >= 0.6 is 0 Å². The zero-order valence-electron chi connectivity index (χ0n) is 12.6. The molecule has 0 amide bonds. The van der Waals surface area contributed by atoms with Crippen LogP contribution < -0.4 is 11.1 Å². The number of aromatic amines is 1. The van der Waals surface area contributed by atoms with Crippen molar-refractivity contribution in [3.63, 3.8) is 0 Å². The van der Waals surface area contributed by atoms with Crippen LogP contribution in [-0.2, 0) is 0 Å². The molecule has 3 heterocycles. The van der Waals surface area contributed by atoms with Crippen LogP contribution in [-0.4, -0.2) is 62.7 Å². The summed E-state index contributed by atoms with van der Waals surface area (Å²) in [5.41, 5.74) is 7.05. The Kier molecular flexibility index (Phi) is 4.69. The van der Waals surface area contributed by atoms with Gasteiger partial charge in [0.2, 0.25) is 5.95 Å². The lowest BCUT2D eigenvalue weighted by Gasteiger charge is -2.31. The summed E-state index contributed by atoms with van der Waals surface area (Å²) in [6, 6.07) is 0. The first kappa shape index (κ1) is 15.0. The van der Waals surface area contributed by atoms with Gasteiger partial charge < -0.3 is 26.0 Å². The largest absolute Gasteiger partial charge is 0.396 e. The van der Waals surface area contributed by atoms with Gasteiger partial charge in [-0.15, -0.1) is 0 Å². The number of H-pyrrole nitrogens is 1. The molecule has 1 aliphatic heterocycles. The maximum Gasteiger partial charge on any atom is 0.224 e. The quantitative estimate of drug-likeness (QED) is 0.572. The first-order valence-corrected chi connectivity index (χ1v) is 7.80. The van der Waals surface area contributed by atoms with Crippen LogP contribution in [0, 0.1) is 5.92 Å². The highest BCUT2D eigenvalue weighted by Crippen LogP contribution is 2.18. The number of nitrogens with one attached hydrogen (secondary N) is 2. The zero-order valence-corrected chi connectivity index (χ0v) is 12.6. The molecule has 1 atom stereocenters. The number of likely N-dealkylation sites (tertiary alicyclic amines) is 1. The van der Waals surface area contributed by atoms with Crippen LogP contribution in [0.4, 0.5) is 11.8 Å². The number of aliphatic hydroxyl groups excluding tert-OH is 1. The van der Waals surface area contributed by atoms with E-state index in [0.29, 0.717) is 24.0 Å². The summed E-state index contributed by atoms with van der Waals surface area (Å²) < 4.78 is 0. The van der Waals surface area contributed by atoms with Gasteiger partial charge in [-0.25, -0.2) is 4.98 Å². The molecule has 8 nitrogen and oxygen atoms in total. The molecule has 1 unspecified atom stereocenters. The van der Waals surface area contributed by atoms with E-state index >= 15 is 0 Å². The van der Waals surface area contributed by atoms with Gasteiger partial charge in [-0.3, -0.25) is 0 Å². The van der Waals surface area contributed by atoms with Gasteiger partial charge in [-0.2, -0.15) is 9.97 Å². The van der Waals surface area contributed by atoms with Crippen molar-refractivity contribution in [1.82, 2.24) is 24.8 Å². The van der Waals surface area contributed by atoms with Gasteiger partial charge in [0, 0.05) is 19.7 Å². The number of nitrogen functional groups attached to an aromatic ring is 1. The standard InChI is InChI=1S/C14H23N7O/c15-14-19-12(11-13(20-14)18-9-17-11)16-4-2-6-21-5-1-3-10(7-21)8-22/h9-10,22H,1-8H2,(H4,15,16,17,18,19,20). The van der Waals surface area contributed by atoms with Crippen molar-refractivity contribution < 1.29 is 5.11 Å². The lowest BCUT2D eigenvalue weighted by molar-refractivity contribution is 0.120. The number of aliphatic hydroxyl groups is 1. The molecule has 2 aromatic rings. The van der Waals surface area contributed by atoms with E-state index < -0.39 is 0 Å². The maximum absolute atomic E-state index is 9.26. The summed E-state index contributed by atoms with van der Waals surface area (Å²) in [5, 5.41) is 12.6. The number of anilines is 2. The summed E-state index contributed by atoms with van der Waals surface area (Å²) in [5.74, 6) is 1.36. The second kappa shape index (κ2) is 6.89. The minimum absolute atomic E-state index is 0.226. The molecule has 0 bridgehead atoms. The number of piperidine rings is 1. The van der Waals surface area contributed by atoms with Gasteiger partial charge in [-0.05, 0) is 38.3 Å². The first-order chi connectivity index (χ1) is 10.8. The van der Waals surface area contributed by atoms with E-state index in [2.05, 4.69) is 30.2 Å². The highest BCUT2D eigenvalue weighted by molar-refractivity contribution is 5.83. The predicted molar refractivity (Wildman–Crippen MR) is 85.5 cm³/mol. The lowest BCUT2D eigenvalue weighted by atomic mass is 9.99. The monoisotopic (exact) mass is 305 g/mol. The molecule has 0 saturated carbocycles. The number of fused-ring (bicyclic) bond motifs is 1. The lowest BCUT2D eigenvalue weighted by Crippen LogP contribution is -2.37. The summed E-state index contributed by atoms with van der Waals surface area (Å²) in [6.07, 6.45) is 4.92. The van der Waals surface area contributed by atoms with Crippen molar-refractivity contribution in [3.05, 3.63) is 6.33 Å². The van der Waals surface area contributed by atoms with Crippen LogP contribution in [0.5, 0.6) is 0 Å². The minimum atomic E-state index is 0.226. The summed E-state index contributed by atoms with van der Waals surface area (Å²) >= 11 is 0. The third kappa shape index (κ3) is 3.45. The van der Waals surface area contributed by atoms with Crippen molar-refractivity contribution in [2.45, 2.75) is 19.3 Å². The van der Waals surface area contributed by atoms with E-state index in [0.717, 1.165) is 44.5 Å². The van der Waals surface area contributed by atoms with E-state index in [4.69, 9.17) is 5.73 Å². The van der Waals surface area contributed by atoms with Crippen LogP contribution in [0.25, 0.3) is 11.2 Å². The molecule has 5 N–H and O–H groups in total. The zero-order chi connectivity index (χ0) is 15.4. The second-order valence-corrected chi connectivity index (χ2v) is 5.80. The predicted octanol–water partition coefficient (Wildman–Crippen LogP) is 0.441. The van der Waals surface area contributed by atoms with Gasteiger partial charge in [0.1, 0.15) is 5.52 Å². The van der Waals surface area contributed by atoms with Gasteiger partial charge in [0.05, 0.1) is 6.33 Å². The Bertz CT molecular complexity index is 614. The van der Waals surface area contributed by atoms with E-state index in [1.165, 1.54) is 6.42 Å². The smallest absolute Gasteiger partial charge is 0.224 e. The summed E-state index contributed by atoms with van der Waals surface area (Å²) in [4.78, 5) is 17.8. The maximum atomic E-state index is 9.26. The van der Waals surface area contributed by atoms with E-state index in [-0.39, 0.29) is 5.95 Å². The van der Waals surface area contributed by atoms with Gasteiger partial charge >= 0.3 is 0 Å². The number of hydrogen-bond acceptors (Lipinski definition) is 7. The van der Waals surface area contributed by atoms with Crippen molar-refractivity contribution in [1.29, 1.82) is 0 Å². The molecular weight excluding hydrogens is 282 g/mol. The molecule has 1 fully saturated rings. The molecule has 3 rings (SSSR count). The van der Waals surface area contributed by atoms with Gasteiger partial charge in [0.25, 0.3) is 0 Å². The van der Waals surface area contributed by atoms with Crippen LogP contribution in [0.2, 0.25) is 0 Å². The Hall–Kier alpha value is -1.93. The normalized spacial score (nSPS) is 19.6. The number of rotatable bonds is 6. The Morgan fingerprint density at radius 2 is 2.36 bits per heavy atom. The average molecular weight is 305 g/mol. The molecule has 2 aromatic heterocycles. The van der Waals surface area contributed by atoms with Crippen LogP contribution in [0.15, 0.2) is 6.33 Å². The Morgan fingerprint density at radius 1 is 1.45 bits per heavy atom. The molecule has 1 saturated heterocycles. The highest BCUT2D eigenvalue weighted by Gasteiger charge is 2.18. The molecule has 8 heteroatoms. The van der Waals surface area contributed by atoms with Crippen molar-refractivity contribution in [2.75, 3.05) is 43.8 Å². The summed E-state index contributed by atoms with van der Waals surface area (Å²) in [7, 11) is 0. The second-order valence-electron chi connectivity index (χ2n) is 5.80. The molecule has 120 valence electrons. The Labute approximate surface area is 129 Å². The Balaban J connectivity index is 1.49. The number of nitrogens with two attached hydrogens (primary N) is 1. The average Bonchev–Trinajstić information content (AvgIpc) is 3.00. The van der Waals surface area contributed by atoms with E-state index in [9.17, 15) is 5.11 Å². The topological polar surface area (TPSA) is 116 Å². The molecule has 0 aliphatic carbocycles. The van der Waals surface area contributed by atoms with Crippen molar-refractivity contribution in [3.8, 4) is 0 Å². The molecule has 1 aliphatic rings. The molecule has 0 aromatic carbocycles. The van der Waals surface area contributed by atoms with Gasteiger partial charge in [0.15, 0.2) is 11.5 Å². The molecular formula is C14H23N7O. The van der Waals surface area contributed by atoms with Crippen molar-refractivity contribution >= 4 is 22.9 Å². The van der Waals surface area contributed by atoms with Crippen molar-refractivity contribution in [2.24, 2.45) is 5.92 Å². The van der Waals surface area contributed by atoms with Crippen LogP contribution in [0.3, 0.4) is 0 Å². The highest BCUT2D eigenvalue weighted by atomic mass is 16.3. The fraction of sp³-hybridized carbons (Fsp3) is 0.643. The third-order valence-corrected chi connectivity index (χ3v) is 4.11. The van der Waals surface area contributed by atoms with Crippen LogP contribution in [0.1, 0.15) is 19.3 Å². The third-order valence-electron chi connectivity index (χ3n) is 4.11. The number of aromatic nitrogens is 4. The minimum Gasteiger partial charge on any atom is -0.396 e. The molecule has 22 heavy (non-hydrogen) atoms. The Morgan fingerprint density at radius 3 is 3.23 bits per heavy atom. The number of nitrogens with zero attached hydrogens (tertiary/aromatic N) is 4. The number of imidazole rings is 1. The molecule has 0 radical (unpaired) electrons. The van der Waals surface area contributed by atoms with Gasteiger partial charge in [-0.1, -0.05) is 0 Å². The van der Waals surface area contributed by atoms with E-state index in [1.807, 2.05) is 0 Å². The van der Waals surface area contributed by atoms with E-state index in [1.54, 1.807) is 6.33 Å².